The fraction of sp³-hybridized carbons (Fsp3) is 0.450. The lowest BCUT2D eigenvalue weighted by molar-refractivity contribution is -0.440. The fourth-order valence-corrected chi connectivity index (χ4v) is 3.01. The Kier molecular flexibility index (Phi) is 7.36. The lowest BCUT2D eigenvalue weighted by Gasteiger charge is -2.39. The van der Waals surface area contributed by atoms with Crippen LogP contribution < -0.4 is 4.74 Å². The second-order valence-electron chi connectivity index (χ2n) is 7.21. The molecule has 1 heterocycles. The molecule has 0 aliphatic heterocycles. The molecule has 0 spiro atoms. The average Bonchev–Trinajstić information content (AvgIpc) is 2.76. The highest BCUT2D eigenvalue weighted by atomic mass is 19.4. The zero-order valence-corrected chi connectivity index (χ0v) is 17.2. The summed E-state index contributed by atoms with van der Waals surface area (Å²) >= 11 is 0. The van der Waals surface area contributed by atoms with Crippen LogP contribution in [0.25, 0.3) is 11.3 Å². The van der Waals surface area contributed by atoms with Crippen LogP contribution in [0.5, 0.6) is 5.75 Å². The molecule has 0 aliphatic rings. The highest BCUT2D eigenvalue weighted by Crippen LogP contribution is 2.60. The van der Waals surface area contributed by atoms with Crippen molar-refractivity contribution in [2.45, 2.75) is 48.6 Å². The van der Waals surface area contributed by atoms with Crippen LogP contribution in [-0.2, 0) is 6.42 Å². The minimum absolute atomic E-state index is 0.0297. The van der Waals surface area contributed by atoms with Crippen molar-refractivity contribution in [2.24, 2.45) is 0 Å². The zero-order valence-electron chi connectivity index (χ0n) is 17.2. The number of hydrogen-bond donors (Lipinski definition) is 0. The van der Waals surface area contributed by atoms with Crippen molar-refractivity contribution in [1.29, 1.82) is 0 Å². The van der Waals surface area contributed by atoms with Crippen molar-refractivity contribution in [3.8, 4) is 17.0 Å². The van der Waals surface area contributed by atoms with E-state index in [1.807, 2.05) is 0 Å². The number of hydrogen-bond acceptors (Lipinski definition) is 2. The first kappa shape index (κ1) is 28.5. The first-order valence-electron chi connectivity index (χ1n) is 9.29. The number of halogens is 13. The molecule has 0 fully saturated rings. The summed E-state index contributed by atoms with van der Waals surface area (Å²) < 4.78 is 178. The molecule has 2 nitrogen and oxygen atoms in total. The van der Waals surface area contributed by atoms with Crippen LogP contribution >= 0.6 is 0 Å². The van der Waals surface area contributed by atoms with Crippen LogP contribution in [0.2, 0.25) is 0 Å². The number of ether oxygens (including phenoxy) is 1. The minimum atomic E-state index is -7.92. The molecular formula is C20H14F13NO. The molecule has 0 unspecified atom stereocenters. The van der Waals surface area contributed by atoms with E-state index in [0.29, 0.717) is 0 Å². The van der Waals surface area contributed by atoms with Crippen LogP contribution in [0.4, 0.5) is 57.1 Å². The summed E-state index contributed by atoms with van der Waals surface area (Å²) in [6.45, 7) is 0. The van der Waals surface area contributed by atoms with E-state index >= 15 is 0 Å². The first-order chi connectivity index (χ1) is 15.8. The third-order valence-corrected chi connectivity index (χ3v) is 4.96. The van der Waals surface area contributed by atoms with Crippen LogP contribution in [0, 0.1) is 0 Å². The van der Waals surface area contributed by atoms with E-state index in [9.17, 15) is 57.1 Å². The SMILES string of the molecule is COc1cccc(CCC(F)(F)C(F)(F)C(F)(F)C(F)(F)C(F)(F)C(F)(F)F)c1-c1ccccn1. The van der Waals surface area contributed by atoms with Gasteiger partial charge >= 0.3 is 35.8 Å². The highest BCUT2D eigenvalue weighted by Gasteiger charge is 2.90. The Labute approximate surface area is 188 Å². The number of benzene rings is 1. The van der Waals surface area contributed by atoms with E-state index in [0.717, 1.165) is 13.2 Å². The van der Waals surface area contributed by atoms with Gasteiger partial charge in [0, 0.05) is 18.2 Å². The number of aryl methyl sites for hydroxylation is 1. The van der Waals surface area contributed by atoms with E-state index in [1.165, 1.54) is 36.5 Å². The molecule has 2 rings (SSSR count). The molecule has 1 aromatic heterocycles. The van der Waals surface area contributed by atoms with E-state index in [-0.39, 0.29) is 22.6 Å². The molecule has 0 radical (unpaired) electrons. The minimum Gasteiger partial charge on any atom is -0.496 e. The first-order valence-corrected chi connectivity index (χ1v) is 9.29. The van der Waals surface area contributed by atoms with Crippen molar-refractivity contribution >= 4 is 0 Å². The van der Waals surface area contributed by atoms with Crippen LogP contribution in [-0.4, -0.2) is 47.9 Å². The second kappa shape index (κ2) is 9.04. The zero-order chi connectivity index (χ0) is 27.1. The number of nitrogens with zero attached hydrogens (tertiary/aromatic N) is 1. The maximum absolute atomic E-state index is 14.2. The molecule has 1 aromatic carbocycles. The Hall–Kier alpha value is -2.74. The smallest absolute Gasteiger partial charge is 0.460 e. The number of rotatable bonds is 9. The Morgan fingerprint density at radius 2 is 1.26 bits per heavy atom. The van der Waals surface area contributed by atoms with Gasteiger partial charge < -0.3 is 4.74 Å². The second-order valence-corrected chi connectivity index (χ2v) is 7.21. The summed E-state index contributed by atoms with van der Waals surface area (Å²) in [6, 6.07) is 7.77. The van der Waals surface area contributed by atoms with Gasteiger partial charge in [0.1, 0.15) is 5.75 Å². The van der Waals surface area contributed by atoms with E-state index in [2.05, 4.69) is 4.98 Å². The van der Waals surface area contributed by atoms with Crippen LogP contribution in [0.1, 0.15) is 12.0 Å². The summed E-state index contributed by atoms with van der Waals surface area (Å²) in [5.41, 5.74) is -0.277. The third kappa shape index (κ3) is 4.60. The number of pyridine rings is 1. The lowest BCUT2D eigenvalue weighted by atomic mass is 9.90. The molecular weight excluding hydrogens is 517 g/mol. The van der Waals surface area contributed by atoms with Gasteiger partial charge in [-0.15, -0.1) is 0 Å². The van der Waals surface area contributed by atoms with Gasteiger partial charge in [-0.05, 0) is 30.2 Å². The van der Waals surface area contributed by atoms with Gasteiger partial charge in [0.25, 0.3) is 0 Å². The van der Waals surface area contributed by atoms with Crippen molar-refractivity contribution in [3.63, 3.8) is 0 Å². The van der Waals surface area contributed by atoms with Crippen molar-refractivity contribution in [1.82, 2.24) is 4.98 Å². The van der Waals surface area contributed by atoms with Crippen molar-refractivity contribution in [2.75, 3.05) is 7.11 Å². The van der Waals surface area contributed by atoms with Gasteiger partial charge in [-0.25, -0.2) is 0 Å². The largest absolute Gasteiger partial charge is 0.496 e. The molecule has 0 saturated carbocycles. The molecule has 0 aliphatic carbocycles. The van der Waals surface area contributed by atoms with E-state index in [1.54, 1.807) is 0 Å². The molecule has 0 N–H and O–H groups in total. The Morgan fingerprint density at radius 1 is 0.686 bits per heavy atom. The quantitative estimate of drug-likeness (QED) is 0.314. The van der Waals surface area contributed by atoms with Crippen molar-refractivity contribution in [3.05, 3.63) is 48.2 Å². The van der Waals surface area contributed by atoms with Crippen LogP contribution in [0.15, 0.2) is 42.6 Å². The number of aromatic nitrogens is 1. The van der Waals surface area contributed by atoms with Crippen molar-refractivity contribution < 1.29 is 61.8 Å². The van der Waals surface area contributed by atoms with Gasteiger partial charge in [0.2, 0.25) is 0 Å². The molecule has 35 heavy (non-hydrogen) atoms. The molecule has 0 saturated heterocycles. The monoisotopic (exact) mass is 531 g/mol. The molecule has 0 amide bonds. The molecule has 2 aromatic rings. The van der Waals surface area contributed by atoms with Gasteiger partial charge in [-0.1, -0.05) is 18.2 Å². The molecule has 15 heteroatoms. The third-order valence-electron chi connectivity index (χ3n) is 4.96. The molecule has 196 valence electrons. The van der Waals surface area contributed by atoms with Gasteiger partial charge in [-0.3, -0.25) is 4.98 Å². The van der Waals surface area contributed by atoms with E-state index in [4.69, 9.17) is 4.74 Å². The standard InChI is InChI=1S/C20H14F13NO/c1-35-13-7-4-5-11(14(13)12-6-2-3-10-34-12)8-9-15(21,22)16(23,24)17(25,26)18(27,28)19(29,30)20(31,32)33/h2-7,10H,8-9H2,1H3. The van der Waals surface area contributed by atoms with Gasteiger partial charge in [0.05, 0.1) is 12.8 Å². The summed E-state index contributed by atoms with van der Waals surface area (Å²) in [7, 11) is 1.14. The summed E-state index contributed by atoms with van der Waals surface area (Å²) in [4.78, 5) is 3.91. The maximum atomic E-state index is 14.2. The molecule has 0 atom stereocenters. The predicted molar refractivity (Wildman–Crippen MR) is 95.3 cm³/mol. The number of methoxy groups -OCH3 is 1. The van der Waals surface area contributed by atoms with Crippen LogP contribution in [0.3, 0.4) is 0 Å². The van der Waals surface area contributed by atoms with E-state index < -0.39 is 48.6 Å². The van der Waals surface area contributed by atoms with Gasteiger partial charge in [-0.2, -0.15) is 57.1 Å². The average molecular weight is 531 g/mol. The normalized spacial score (nSPS) is 14.2. The fourth-order valence-electron chi connectivity index (χ4n) is 3.01. The Bertz CT molecular complexity index is 1020. The predicted octanol–water partition coefficient (Wildman–Crippen LogP) is 7.43. The summed E-state index contributed by atoms with van der Waals surface area (Å²) in [5.74, 6) is -37.0. The lowest BCUT2D eigenvalue weighted by Crippen LogP contribution is -2.70. The van der Waals surface area contributed by atoms with Gasteiger partial charge in [0.15, 0.2) is 0 Å². The number of alkyl halides is 13. The molecule has 0 bridgehead atoms. The summed E-state index contributed by atoms with van der Waals surface area (Å²) in [5, 5.41) is 0. The topological polar surface area (TPSA) is 22.1 Å². The maximum Gasteiger partial charge on any atom is 0.460 e. The Morgan fingerprint density at radius 3 is 1.74 bits per heavy atom. The highest BCUT2D eigenvalue weighted by molar-refractivity contribution is 5.71. The Balaban J connectivity index is 2.46. The summed E-state index contributed by atoms with van der Waals surface area (Å²) in [6.07, 6.45) is -9.76.